The van der Waals surface area contributed by atoms with Crippen LogP contribution in [0.25, 0.3) is 0 Å². The third-order valence-corrected chi connectivity index (χ3v) is 0.614. The fourth-order valence-corrected chi connectivity index (χ4v) is 0.247. The number of hydrogen-bond donors (Lipinski definition) is 1. The van der Waals surface area contributed by atoms with Crippen LogP contribution < -0.4 is 5.11 Å². The zero-order chi connectivity index (χ0) is 6.57. The van der Waals surface area contributed by atoms with E-state index in [0.717, 1.165) is 6.08 Å². The van der Waals surface area contributed by atoms with Crippen molar-refractivity contribution in [1.29, 1.82) is 0 Å². The molecule has 0 saturated carbocycles. The molecule has 0 atom stereocenters. The van der Waals surface area contributed by atoms with Crippen LogP contribution in [0.5, 0.6) is 0 Å². The summed E-state index contributed by atoms with van der Waals surface area (Å²) in [6.07, 6.45) is 0.861. The molecular formula is C5H7O3-. The highest BCUT2D eigenvalue weighted by molar-refractivity contribution is 5.78. The molecule has 0 spiro atoms. The van der Waals surface area contributed by atoms with E-state index in [4.69, 9.17) is 5.11 Å². The second-order valence-corrected chi connectivity index (χ2v) is 1.47. The smallest absolute Gasteiger partial charge is 0.0643 e. The van der Waals surface area contributed by atoms with Crippen LogP contribution in [0, 0.1) is 0 Å². The minimum Gasteiger partial charge on any atom is -0.545 e. The van der Waals surface area contributed by atoms with Crippen LogP contribution in [0.15, 0.2) is 11.6 Å². The van der Waals surface area contributed by atoms with E-state index in [-0.39, 0.29) is 6.61 Å². The van der Waals surface area contributed by atoms with Gasteiger partial charge in [-0.15, -0.1) is 0 Å². The minimum atomic E-state index is -1.27. The van der Waals surface area contributed by atoms with Gasteiger partial charge in [0.15, 0.2) is 0 Å². The predicted molar refractivity (Wildman–Crippen MR) is 25.8 cm³/mol. The van der Waals surface area contributed by atoms with Gasteiger partial charge >= 0.3 is 0 Å². The highest BCUT2D eigenvalue weighted by Crippen LogP contribution is 1.85. The van der Waals surface area contributed by atoms with E-state index in [1.54, 1.807) is 0 Å². The van der Waals surface area contributed by atoms with E-state index in [0.29, 0.717) is 5.57 Å². The second kappa shape index (κ2) is 3.21. The Hall–Kier alpha value is -0.830. The zero-order valence-electron chi connectivity index (χ0n) is 4.55. The van der Waals surface area contributed by atoms with Gasteiger partial charge in [-0.3, -0.25) is 0 Å². The van der Waals surface area contributed by atoms with Crippen LogP contribution >= 0.6 is 0 Å². The van der Waals surface area contributed by atoms with Gasteiger partial charge in [-0.2, -0.15) is 0 Å². The quantitative estimate of drug-likeness (QED) is 0.454. The van der Waals surface area contributed by atoms with Crippen molar-refractivity contribution in [2.24, 2.45) is 0 Å². The van der Waals surface area contributed by atoms with Crippen LogP contribution in [-0.2, 0) is 4.79 Å². The van der Waals surface area contributed by atoms with Crippen molar-refractivity contribution in [1.82, 2.24) is 0 Å². The third-order valence-electron chi connectivity index (χ3n) is 0.614. The monoisotopic (exact) mass is 115 g/mol. The molecule has 0 aromatic heterocycles. The van der Waals surface area contributed by atoms with Crippen LogP contribution in [0.2, 0.25) is 0 Å². The summed E-state index contributed by atoms with van der Waals surface area (Å²) in [5.74, 6) is -1.27. The molecule has 0 bridgehead atoms. The molecule has 3 heteroatoms. The topological polar surface area (TPSA) is 60.4 Å². The molecule has 0 aliphatic rings. The molecule has 0 saturated heterocycles. The maximum Gasteiger partial charge on any atom is 0.0643 e. The standard InChI is InChI=1S/C5H8O3/c1-4(3-6)2-5(7)8/h2,6H,3H2,1H3,(H,7,8)/p-1/b4-2-. The van der Waals surface area contributed by atoms with Gasteiger partial charge in [0.05, 0.1) is 12.6 Å². The normalized spacial score (nSPS) is 11.5. The van der Waals surface area contributed by atoms with Gasteiger partial charge in [-0.1, -0.05) is 0 Å². The number of aliphatic hydroxyl groups excluding tert-OH is 1. The second-order valence-electron chi connectivity index (χ2n) is 1.47. The largest absolute Gasteiger partial charge is 0.545 e. The Morgan fingerprint density at radius 1 is 1.88 bits per heavy atom. The highest BCUT2D eigenvalue weighted by atomic mass is 16.4. The minimum absolute atomic E-state index is 0.228. The van der Waals surface area contributed by atoms with Crippen LogP contribution in [0.3, 0.4) is 0 Å². The van der Waals surface area contributed by atoms with Crippen LogP contribution in [-0.4, -0.2) is 17.7 Å². The van der Waals surface area contributed by atoms with Crippen molar-refractivity contribution < 1.29 is 15.0 Å². The van der Waals surface area contributed by atoms with E-state index >= 15 is 0 Å². The van der Waals surface area contributed by atoms with Crippen LogP contribution in [0.4, 0.5) is 0 Å². The maximum atomic E-state index is 9.67. The van der Waals surface area contributed by atoms with Crippen molar-refractivity contribution in [3.05, 3.63) is 11.6 Å². The number of carbonyl (C=O) groups excluding carboxylic acids is 1. The first-order chi connectivity index (χ1) is 3.66. The number of hydrogen-bond acceptors (Lipinski definition) is 3. The third kappa shape index (κ3) is 3.36. The maximum absolute atomic E-state index is 9.67. The first-order valence-electron chi connectivity index (χ1n) is 2.16. The molecular weight excluding hydrogens is 108 g/mol. The van der Waals surface area contributed by atoms with Crippen LogP contribution in [0.1, 0.15) is 6.92 Å². The summed E-state index contributed by atoms with van der Waals surface area (Å²) in [5, 5.41) is 17.9. The summed E-state index contributed by atoms with van der Waals surface area (Å²) < 4.78 is 0. The lowest BCUT2D eigenvalue weighted by Crippen LogP contribution is -2.19. The van der Waals surface area contributed by atoms with E-state index in [9.17, 15) is 9.90 Å². The Morgan fingerprint density at radius 3 is 2.50 bits per heavy atom. The molecule has 0 aromatic rings. The van der Waals surface area contributed by atoms with E-state index < -0.39 is 5.97 Å². The first-order valence-corrected chi connectivity index (χ1v) is 2.16. The molecule has 3 nitrogen and oxygen atoms in total. The summed E-state index contributed by atoms with van der Waals surface area (Å²) in [7, 11) is 0. The molecule has 8 heavy (non-hydrogen) atoms. The van der Waals surface area contributed by atoms with Gasteiger partial charge in [0, 0.05) is 0 Å². The Labute approximate surface area is 47.3 Å². The fourth-order valence-electron chi connectivity index (χ4n) is 0.247. The Balaban J connectivity index is 3.75. The highest BCUT2D eigenvalue weighted by Gasteiger charge is 1.81. The zero-order valence-corrected chi connectivity index (χ0v) is 4.55. The van der Waals surface area contributed by atoms with E-state index in [1.807, 2.05) is 0 Å². The Morgan fingerprint density at radius 2 is 2.38 bits per heavy atom. The fraction of sp³-hybridized carbons (Fsp3) is 0.400. The predicted octanol–water partition coefficient (Wildman–Crippen LogP) is -1.33. The molecule has 0 fully saturated rings. The Kier molecular flexibility index (Phi) is 2.88. The molecule has 0 rings (SSSR count). The van der Waals surface area contributed by atoms with E-state index in [1.165, 1.54) is 6.92 Å². The summed E-state index contributed by atoms with van der Waals surface area (Å²) in [6, 6.07) is 0. The lowest BCUT2D eigenvalue weighted by atomic mass is 10.3. The molecule has 0 aliphatic carbocycles. The summed E-state index contributed by atoms with van der Waals surface area (Å²) in [5.41, 5.74) is 0.394. The SMILES string of the molecule is C/C(=C/C(=O)[O-])CO. The van der Waals surface area contributed by atoms with Crippen molar-refractivity contribution in [2.45, 2.75) is 6.92 Å². The number of rotatable bonds is 2. The molecule has 46 valence electrons. The molecule has 1 N–H and O–H groups in total. The molecule has 0 aliphatic heterocycles. The van der Waals surface area contributed by atoms with Crippen molar-refractivity contribution in [2.75, 3.05) is 6.61 Å². The van der Waals surface area contributed by atoms with Gasteiger partial charge in [-0.05, 0) is 18.6 Å². The molecule has 0 heterocycles. The number of aliphatic carboxylic acids is 1. The van der Waals surface area contributed by atoms with Crippen molar-refractivity contribution in [3.63, 3.8) is 0 Å². The summed E-state index contributed by atoms with van der Waals surface area (Å²) >= 11 is 0. The van der Waals surface area contributed by atoms with E-state index in [2.05, 4.69) is 0 Å². The lowest BCUT2D eigenvalue weighted by Gasteiger charge is -1.93. The van der Waals surface area contributed by atoms with Gasteiger partial charge in [0.1, 0.15) is 0 Å². The number of aliphatic hydroxyl groups is 1. The average Bonchev–Trinajstić information content (AvgIpc) is 1.65. The summed E-state index contributed by atoms with van der Waals surface area (Å²) in [6.45, 7) is 1.28. The first kappa shape index (κ1) is 7.17. The van der Waals surface area contributed by atoms with Gasteiger partial charge in [0.25, 0.3) is 0 Å². The van der Waals surface area contributed by atoms with Gasteiger partial charge in [-0.25, -0.2) is 0 Å². The average molecular weight is 115 g/mol. The lowest BCUT2D eigenvalue weighted by molar-refractivity contribution is -0.297. The molecule has 0 amide bonds. The molecule has 0 aromatic carbocycles. The molecule has 0 unspecified atom stereocenters. The summed E-state index contributed by atoms with van der Waals surface area (Å²) in [4.78, 5) is 9.67. The van der Waals surface area contributed by atoms with Gasteiger partial charge < -0.3 is 15.0 Å². The van der Waals surface area contributed by atoms with Gasteiger partial charge in [0.2, 0.25) is 0 Å². The van der Waals surface area contributed by atoms with Crippen molar-refractivity contribution in [3.8, 4) is 0 Å². The molecule has 0 radical (unpaired) electrons. The number of carboxylic acids is 1. The Bertz CT molecular complexity index is 115. The number of carbonyl (C=O) groups is 1. The number of carboxylic acid groups (broad SMARTS) is 1. The van der Waals surface area contributed by atoms with Crippen molar-refractivity contribution >= 4 is 5.97 Å².